The van der Waals surface area contributed by atoms with E-state index >= 15 is 0 Å². The van der Waals surface area contributed by atoms with Gasteiger partial charge >= 0.3 is 0 Å². The molecule has 2 amide bonds. The van der Waals surface area contributed by atoms with Crippen molar-refractivity contribution in [1.29, 1.82) is 0 Å². The van der Waals surface area contributed by atoms with Crippen LogP contribution in [-0.2, 0) is 14.3 Å². The van der Waals surface area contributed by atoms with Gasteiger partial charge in [0.2, 0.25) is 17.8 Å². The van der Waals surface area contributed by atoms with Crippen molar-refractivity contribution >= 4 is 17.8 Å². The lowest BCUT2D eigenvalue weighted by atomic mass is 10.1. The van der Waals surface area contributed by atoms with Gasteiger partial charge in [0.1, 0.15) is 6.54 Å². The van der Waals surface area contributed by atoms with Gasteiger partial charge in [-0.25, -0.2) is 4.98 Å². The first-order valence-corrected chi connectivity index (χ1v) is 10.7. The number of benzene rings is 2. The zero-order chi connectivity index (χ0) is 22.9. The molecule has 0 radical (unpaired) electrons. The molecule has 32 heavy (non-hydrogen) atoms. The van der Waals surface area contributed by atoms with Crippen LogP contribution < -0.4 is 5.32 Å². The van der Waals surface area contributed by atoms with Crippen molar-refractivity contribution in [1.82, 2.24) is 14.5 Å². The van der Waals surface area contributed by atoms with Crippen molar-refractivity contribution in [2.75, 3.05) is 32.1 Å². The molecule has 0 aliphatic carbocycles. The van der Waals surface area contributed by atoms with Gasteiger partial charge in [-0.15, -0.1) is 0 Å². The fourth-order valence-electron chi connectivity index (χ4n) is 3.31. The van der Waals surface area contributed by atoms with E-state index in [4.69, 9.17) is 4.74 Å². The molecule has 0 bridgehead atoms. The standard InChI is InChI=1S/C25H30N4O3/c1-19(2)16-24(31)28(14-15-32-3)18-23(30)27-25-26-22(20-10-6-4-7-11-20)17-29(25)21-12-8-5-9-13-21/h4-13,17,19H,14-16,18H2,1-3H3,(H,26,27,30). The van der Waals surface area contributed by atoms with Gasteiger partial charge in [0.05, 0.1) is 12.3 Å². The van der Waals surface area contributed by atoms with Gasteiger partial charge in [0, 0.05) is 37.5 Å². The summed E-state index contributed by atoms with van der Waals surface area (Å²) < 4.78 is 6.96. The summed E-state index contributed by atoms with van der Waals surface area (Å²) in [6, 6.07) is 19.5. The molecule has 1 N–H and O–H groups in total. The Kier molecular flexibility index (Phi) is 8.16. The lowest BCUT2D eigenvalue weighted by Crippen LogP contribution is -2.40. The Hall–Kier alpha value is -3.45. The molecule has 0 aliphatic heterocycles. The number of rotatable bonds is 10. The lowest BCUT2D eigenvalue weighted by molar-refractivity contribution is -0.136. The van der Waals surface area contributed by atoms with Crippen LogP contribution in [0.3, 0.4) is 0 Å². The molecule has 0 saturated carbocycles. The fraction of sp³-hybridized carbons (Fsp3) is 0.320. The molecule has 0 saturated heterocycles. The summed E-state index contributed by atoms with van der Waals surface area (Å²) in [5, 5.41) is 2.89. The van der Waals surface area contributed by atoms with Crippen LogP contribution in [0.2, 0.25) is 0 Å². The maximum atomic E-state index is 12.9. The number of carbonyl (C=O) groups is 2. The van der Waals surface area contributed by atoms with Crippen LogP contribution in [0.5, 0.6) is 0 Å². The number of carbonyl (C=O) groups excluding carboxylic acids is 2. The molecule has 7 nitrogen and oxygen atoms in total. The van der Waals surface area contributed by atoms with Crippen molar-refractivity contribution in [3.63, 3.8) is 0 Å². The Labute approximate surface area is 189 Å². The Morgan fingerprint density at radius 3 is 2.34 bits per heavy atom. The molecule has 3 aromatic rings. The molecule has 0 aliphatic rings. The van der Waals surface area contributed by atoms with Crippen LogP contribution in [0.4, 0.5) is 5.95 Å². The molecular weight excluding hydrogens is 404 g/mol. The van der Waals surface area contributed by atoms with Crippen molar-refractivity contribution < 1.29 is 14.3 Å². The normalized spacial score (nSPS) is 10.9. The highest BCUT2D eigenvalue weighted by Gasteiger charge is 2.20. The molecule has 0 unspecified atom stereocenters. The van der Waals surface area contributed by atoms with E-state index in [0.29, 0.717) is 25.5 Å². The number of nitrogens with zero attached hydrogens (tertiary/aromatic N) is 3. The summed E-state index contributed by atoms with van der Waals surface area (Å²) in [6.07, 6.45) is 2.28. The molecule has 1 heterocycles. The van der Waals surface area contributed by atoms with Crippen molar-refractivity contribution in [2.45, 2.75) is 20.3 Å². The summed E-state index contributed by atoms with van der Waals surface area (Å²) >= 11 is 0. The number of hydrogen-bond acceptors (Lipinski definition) is 4. The summed E-state index contributed by atoms with van der Waals surface area (Å²) in [7, 11) is 1.58. The molecule has 0 spiro atoms. The van der Waals surface area contributed by atoms with Crippen molar-refractivity contribution in [3.05, 3.63) is 66.9 Å². The van der Waals surface area contributed by atoms with Crippen LogP contribution in [-0.4, -0.2) is 53.1 Å². The summed E-state index contributed by atoms with van der Waals surface area (Å²) in [5.41, 5.74) is 2.58. The Bertz CT molecular complexity index is 1020. The topological polar surface area (TPSA) is 76.5 Å². The quantitative estimate of drug-likeness (QED) is 0.523. The first-order valence-electron chi connectivity index (χ1n) is 10.7. The molecule has 7 heteroatoms. The van der Waals surface area contributed by atoms with Crippen LogP contribution in [0.25, 0.3) is 16.9 Å². The largest absolute Gasteiger partial charge is 0.383 e. The number of aromatic nitrogens is 2. The Morgan fingerprint density at radius 2 is 1.72 bits per heavy atom. The van der Waals surface area contributed by atoms with E-state index in [0.717, 1.165) is 16.9 Å². The number of methoxy groups -OCH3 is 1. The molecular formula is C25H30N4O3. The molecule has 0 fully saturated rings. The highest BCUT2D eigenvalue weighted by molar-refractivity contribution is 5.94. The minimum atomic E-state index is -0.305. The minimum Gasteiger partial charge on any atom is -0.383 e. The van der Waals surface area contributed by atoms with Crippen molar-refractivity contribution in [3.8, 4) is 16.9 Å². The number of anilines is 1. The van der Waals surface area contributed by atoms with Crippen LogP contribution >= 0.6 is 0 Å². The Balaban J connectivity index is 1.83. The van der Waals surface area contributed by atoms with Gasteiger partial charge in [-0.2, -0.15) is 0 Å². The maximum Gasteiger partial charge on any atom is 0.246 e. The van der Waals surface area contributed by atoms with Gasteiger partial charge < -0.3 is 9.64 Å². The average Bonchev–Trinajstić information content (AvgIpc) is 3.21. The van der Waals surface area contributed by atoms with Gasteiger partial charge in [0.15, 0.2) is 0 Å². The first kappa shape index (κ1) is 23.2. The maximum absolute atomic E-state index is 12.9. The minimum absolute atomic E-state index is 0.0583. The Morgan fingerprint density at radius 1 is 1.06 bits per heavy atom. The van der Waals surface area contributed by atoms with Gasteiger partial charge in [-0.1, -0.05) is 62.4 Å². The fourth-order valence-corrected chi connectivity index (χ4v) is 3.31. The number of ether oxygens (including phenoxy) is 1. The molecule has 2 aromatic carbocycles. The number of nitrogens with one attached hydrogen (secondary N) is 1. The van der Waals surface area contributed by atoms with Gasteiger partial charge in [-0.05, 0) is 18.1 Å². The number of hydrogen-bond donors (Lipinski definition) is 1. The highest BCUT2D eigenvalue weighted by Crippen LogP contribution is 2.24. The smallest absolute Gasteiger partial charge is 0.246 e. The predicted molar refractivity (Wildman–Crippen MR) is 126 cm³/mol. The highest BCUT2D eigenvalue weighted by atomic mass is 16.5. The second kappa shape index (κ2) is 11.2. The number of para-hydroxylation sites is 1. The van der Waals surface area contributed by atoms with Gasteiger partial charge in [0.25, 0.3) is 0 Å². The summed E-state index contributed by atoms with van der Waals surface area (Å²) in [4.78, 5) is 31.7. The monoisotopic (exact) mass is 434 g/mol. The predicted octanol–water partition coefficient (Wildman–Crippen LogP) is 4.00. The van der Waals surface area contributed by atoms with Crippen LogP contribution in [0.1, 0.15) is 20.3 Å². The van der Waals surface area contributed by atoms with Crippen LogP contribution in [0.15, 0.2) is 66.9 Å². The summed E-state index contributed by atoms with van der Waals surface area (Å²) in [6.45, 7) is 4.63. The molecule has 3 rings (SSSR count). The molecule has 168 valence electrons. The lowest BCUT2D eigenvalue weighted by Gasteiger charge is -2.22. The van der Waals surface area contributed by atoms with Crippen LogP contribution in [0, 0.1) is 5.92 Å². The first-order chi connectivity index (χ1) is 15.5. The van der Waals surface area contributed by atoms with E-state index in [1.807, 2.05) is 85.3 Å². The van der Waals surface area contributed by atoms with E-state index in [1.165, 1.54) is 4.90 Å². The zero-order valence-electron chi connectivity index (χ0n) is 18.8. The van der Waals surface area contributed by atoms with Gasteiger partial charge in [-0.3, -0.25) is 19.5 Å². The third-order valence-electron chi connectivity index (χ3n) is 4.90. The summed E-state index contributed by atoms with van der Waals surface area (Å²) in [5.74, 6) is 0.244. The second-order valence-corrected chi connectivity index (χ2v) is 7.98. The van der Waals surface area contributed by atoms with E-state index in [2.05, 4.69) is 10.3 Å². The van der Waals surface area contributed by atoms with E-state index in [-0.39, 0.29) is 24.3 Å². The average molecular weight is 435 g/mol. The zero-order valence-corrected chi connectivity index (χ0v) is 18.8. The van der Waals surface area contributed by atoms with E-state index in [1.54, 1.807) is 7.11 Å². The second-order valence-electron chi connectivity index (χ2n) is 7.98. The molecule has 0 atom stereocenters. The van der Waals surface area contributed by atoms with E-state index < -0.39 is 0 Å². The van der Waals surface area contributed by atoms with E-state index in [9.17, 15) is 9.59 Å². The SMILES string of the molecule is COCCN(CC(=O)Nc1nc(-c2ccccc2)cn1-c1ccccc1)C(=O)CC(C)C. The third kappa shape index (κ3) is 6.28. The van der Waals surface area contributed by atoms with Crippen molar-refractivity contribution in [2.24, 2.45) is 5.92 Å². The number of amides is 2. The number of imidazole rings is 1. The molecule has 1 aromatic heterocycles. The third-order valence-corrected chi connectivity index (χ3v) is 4.90.